The van der Waals surface area contributed by atoms with Gasteiger partial charge in [0.25, 0.3) is 0 Å². The second-order valence-electron chi connectivity index (χ2n) is 4.02. The van der Waals surface area contributed by atoms with Crippen molar-refractivity contribution in [1.82, 2.24) is 0 Å². The first-order valence-electron chi connectivity index (χ1n) is 5.76. The first-order valence-corrected chi connectivity index (χ1v) is 5.76. The van der Waals surface area contributed by atoms with E-state index in [-0.39, 0.29) is 0 Å². The Morgan fingerprint density at radius 2 is 1.94 bits per heavy atom. The maximum atomic E-state index is 10.8. The molecule has 3 heteroatoms. The third-order valence-corrected chi connectivity index (χ3v) is 2.83. The van der Waals surface area contributed by atoms with Gasteiger partial charge in [0.05, 0.1) is 6.04 Å². The maximum absolute atomic E-state index is 10.8. The number of nitrogens with two attached hydrogens (primary N) is 2. The molecule has 0 aliphatic rings. The molecule has 0 aliphatic heterocycles. The van der Waals surface area contributed by atoms with Crippen molar-refractivity contribution in [3.05, 3.63) is 35.4 Å². The predicted molar refractivity (Wildman–Crippen MR) is 65.9 cm³/mol. The monoisotopic (exact) mass is 220 g/mol. The molecule has 1 amide bonds. The number of hydrogen-bond acceptors (Lipinski definition) is 2. The summed E-state index contributed by atoms with van der Waals surface area (Å²) >= 11 is 0. The quantitative estimate of drug-likeness (QED) is 0.760. The summed E-state index contributed by atoms with van der Waals surface area (Å²) in [6.07, 6.45) is 3.57. The van der Waals surface area contributed by atoms with Crippen LogP contribution in [0.15, 0.2) is 24.3 Å². The minimum atomic E-state index is -0.506. The molecule has 88 valence electrons. The Morgan fingerprint density at radius 3 is 2.50 bits per heavy atom. The Balaban J connectivity index is 2.45. The molecule has 16 heavy (non-hydrogen) atoms. The largest absolute Gasteiger partial charge is 0.368 e. The Morgan fingerprint density at radius 1 is 1.31 bits per heavy atom. The lowest BCUT2D eigenvalue weighted by atomic mass is 9.99. The van der Waals surface area contributed by atoms with E-state index in [9.17, 15) is 4.79 Å². The molecule has 1 atom stereocenters. The fourth-order valence-electron chi connectivity index (χ4n) is 1.80. The first kappa shape index (κ1) is 12.7. The summed E-state index contributed by atoms with van der Waals surface area (Å²) < 4.78 is 0. The van der Waals surface area contributed by atoms with Gasteiger partial charge in [-0.25, -0.2) is 0 Å². The number of benzene rings is 1. The third-order valence-electron chi connectivity index (χ3n) is 2.83. The molecule has 0 fully saturated rings. The van der Waals surface area contributed by atoms with Crippen LogP contribution in [0.25, 0.3) is 0 Å². The van der Waals surface area contributed by atoms with E-state index in [1.165, 1.54) is 11.1 Å². The van der Waals surface area contributed by atoms with Crippen LogP contribution in [0.2, 0.25) is 0 Å². The highest BCUT2D eigenvalue weighted by Gasteiger charge is 2.08. The summed E-state index contributed by atoms with van der Waals surface area (Å²) in [6.45, 7) is 2.15. The summed E-state index contributed by atoms with van der Waals surface area (Å²) in [7, 11) is 0. The molecule has 0 heterocycles. The highest BCUT2D eigenvalue weighted by molar-refractivity contribution is 5.79. The third kappa shape index (κ3) is 3.66. The molecular formula is C13H20N2O. The lowest BCUT2D eigenvalue weighted by molar-refractivity contribution is -0.119. The average Bonchev–Trinajstić information content (AvgIpc) is 2.29. The van der Waals surface area contributed by atoms with Crippen molar-refractivity contribution in [2.75, 3.05) is 0 Å². The Kier molecular flexibility index (Phi) is 4.99. The minimum absolute atomic E-state index is 0.413. The van der Waals surface area contributed by atoms with Crippen LogP contribution in [0.5, 0.6) is 0 Å². The van der Waals surface area contributed by atoms with Crippen molar-refractivity contribution >= 4 is 5.91 Å². The van der Waals surface area contributed by atoms with Gasteiger partial charge < -0.3 is 11.5 Å². The van der Waals surface area contributed by atoms with Crippen molar-refractivity contribution < 1.29 is 4.79 Å². The van der Waals surface area contributed by atoms with Crippen LogP contribution < -0.4 is 11.5 Å². The number of amides is 1. The SMILES string of the molecule is CCc1ccccc1CCCC(N)C(N)=O. The van der Waals surface area contributed by atoms with Gasteiger partial charge in [0.2, 0.25) is 5.91 Å². The smallest absolute Gasteiger partial charge is 0.234 e. The molecular weight excluding hydrogens is 200 g/mol. The van der Waals surface area contributed by atoms with Gasteiger partial charge in [-0.05, 0) is 36.8 Å². The van der Waals surface area contributed by atoms with Crippen molar-refractivity contribution in [3.8, 4) is 0 Å². The lowest BCUT2D eigenvalue weighted by Gasteiger charge is -2.09. The van der Waals surface area contributed by atoms with E-state index in [1.807, 2.05) is 6.07 Å². The van der Waals surface area contributed by atoms with E-state index < -0.39 is 11.9 Å². The molecule has 0 aliphatic carbocycles. The highest BCUT2D eigenvalue weighted by atomic mass is 16.1. The fraction of sp³-hybridized carbons (Fsp3) is 0.462. The number of aryl methyl sites for hydroxylation is 2. The molecule has 0 radical (unpaired) electrons. The van der Waals surface area contributed by atoms with Gasteiger partial charge in [-0.1, -0.05) is 31.2 Å². The van der Waals surface area contributed by atoms with E-state index in [1.54, 1.807) is 0 Å². The van der Waals surface area contributed by atoms with E-state index >= 15 is 0 Å². The maximum Gasteiger partial charge on any atom is 0.234 e. The molecule has 1 unspecified atom stereocenters. The molecule has 0 aromatic heterocycles. The minimum Gasteiger partial charge on any atom is -0.368 e. The Hall–Kier alpha value is -1.35. The van der Waals surface area contributed by atoms with Gasteiger partial charge in [0, 0.05) is 0 Å². The summed E-state index contributed by atoms with van der Waals surface area (Å²) in [6, 6.07) is 7.87. The molecule has 0 bridgehead atoms. The van der Waals surface area contributed by atoms with Gasteiger partial charge in [0.15, 0.2) is 0 Å². The summed E-state index contributed by atoms with van der Waals surface area (Å²) in [5.41, 5.74) is 13.4. The van der Waals surface area contributed by atoms with Crippen LogP contribution in [-0.4, -0.2) is 11.9 Å². The van der Waals surface area contributed by atoms with Crippen LogP contribution in [0.4, 0.5) is 0 Å². The van der Waals surface area contributed by atoms with Gasteiger partial charge in [-0.2, -0.15) is 0 Å². The van der Waals surface area contributed by atoms with Gasteiger partial charge >= 0.3 is 0 Å². The zero-order chi connectivity index (χ0) is 12.0. The van der Waals surface area contributed by atoms with E-state index in [0.717, 1.165) is 19.3 Å². The molecule has 0 spiro atoms. The van der Waals surface area contributed by atoms with Gasteiger partial charge in [-0.15, -0.1) is 0 Å². The van der Waals surface area contributed by atoms with Crippen molar-refractivity contribution in [1.29, 1.82) is 0 Å². The number of carbonyl (C=O) groups excluding carboxylic acids is 1. The molecule has 1 aromatic carbocycles. The summed E-state index contributed by atoms with van der Waals surface area (Å²) in [5.74, 6) is -0.413. The Labute approximate surface area is 96.8 Å². The molecule has 3 nitrogen and oxygen atoms in total. The number of hydrogen-bond donors (Lipinski definition) is 2. The first-order chi connectivity index (χ1) is 7.65. The van der Waals surface area contributed by atoms with Crippen LogP contribution in [-0.2, 0) is 17.6 Å². The molecule has 1 rings (SSSR count). The summed E-state index contributed by atoms with van der Waals surface area (Å²) in [5, 5.41) is 0. The van der Waals surface area contributed by atoms with Gasteiger partial charge in [0.1, 0.15) is 0 Å². The predicted octanol–water partition coefficient (Wildman–Crippen LogP) is 1.38. The fourth-order valence-corrected chi connectivity index (χ4v) is 1.80. The highest BCUT2D eigenvalue weighted by Crippen LogP contribution is 2.13. The number of rotatable bonds is 6. The van der Waals surface area contributed by atoms with Gasteiger partial charge in [-0.3, -0.25) is 4.79 Å². The molecule has 0 saturated carbocycles. The molecule has 4 N–H and O–H groups in total. The molecule has 1 aromatic rings. The van der Waals surface area contributed by atoms with E-state index in [2.05, 4.69) is 25.1 Å². The van der Waals surface area contributed by atoms with Crippen LogP contribution in [0.1, 0.15) is 30.9 Å². The Bertz CT molecular complexity index is 350. The normalized spacial score (nSPS) is 12.4. The molecule has 0 saturated heterocycles. The van der Waals surface area contributed by atoms with Crippen LogP contribution >= 0.6 is 0 Å². The lowest BCUT2D eigenvalue weighted by Crippen LogP contribution is -2.36. The average molecular weight is 220 g/mol. The number of carbonyl (C=O) groups is 1. The van der Waals surface area contributed by atoms with Crippen molar-refractivity contribution in [2.45, 2.75) is 38.6 Å². The van der Waals surface area contributed by atoms with Crippen molar-refractivity contribution in [2.24, 2.45) is 11.5 Å². The summed E-state index contributed by atoms with van der Waals surface area (Å²) in [4.78, 5) is 10.8. The zero-order valence-electron chi connectivity index (χ0n) is 9.78. The van der Waals surface area contributed by atoms with Crippen molar-refractivity contribution in [3.63, 3.8) is 0 Å². The second kappa shape index (κ2) is 6.28. The van der Waals surface area contributed by atoms with Crippen LogP contribution in [0, 0.1) is 0 Å². The topological polar surface area (TPSA) is 69.1 Å². The van der Waals surface area contributed by atoms with E-state index in [0.29, 0.717) is 6.42 Å². The van der Waals surface area contributed by atoms with E-state index in [4.69, 9.17) is 11.5 Å². The zero-order valence-corrected chi connectivity index (χ0v) is 9.78. The van der Waals surface area contributed by atoms with Crippen LogP contribution in [0.3, 0.4) is 0 Å². The standard InChI is InChI=1S/C13H20N2O/c1-2-10-6-3-4-7-11(10)8-5-9-12(14)13(15)16/h3-4,6-7,12H,2,5,8-9,14H2,1H3,(H2,15,16). The second-order valence-corrected chi connectivity index (χ2v) is 4.02. The number of primary amides is 1.